The minimum Gasteiger partial charge on any atom is -0.480 e. The summed E-state index contributed by atoms with van der Waals surface area (Å²) in [6.07, 6.45) is 3.96. The van der Waals surface area contributed by atoms with E-state index < -0.39 is 12.0 Å². The van der Waals surface area contributed by atoms with Crippen LogP contribution in [0.5, 0.6) is 0 Å². The zero-order valence-electron chi connectivity index (χ0n) is 9.12. The van der Waals surface area contributed by atoms with Crippen molar-refractivity contribution in [3.63, 3.8) is 0 Å². The van der Waals surface area contributed by atoms with E-state index in [1.807, 2.05) is 19.9 Å². The topological polar surface area (TPSA) is 66.4 Å². The van der Waals surface area contributed by atoms with Gasteiger partial charge in [0.25, 0.3) is 0 Å². The Morgan fingerprint density at radius 2 is 2.07 bits per heavy atom. The number of allylic oxidation sites excluding steroid dienone is 1. The zero-order chi connectivity index (χ0) is 11.4. The van der Waals surface area contributed by atoms with Gasteiger partial charge in [0.15, 0.2) is 0 Å². The minimum absolute atomic E-state index is 0.0542. The highest BCUT2D eigenvalue weighted by atomic mass is 16.4. The van der Waals surface area contributed by atoms with Gasteiger partial charge in [0, 0.05) is 5.92 Å². The van der Waals surface area contributed by atoms with Crippen molar-refractivity contribution >= 4 is 11.9 Å². The van der Waals surface area contributed by atoms with Crippen LogP contribution >= 0.6 is 0 Å². The molecule has 4 nitrogen and oxygen atoms in total. The quantitative estimate of drug-likeness (QED) is 0.674. The number of carbonyl (C=O) groups excluding carboxylic acids is 1. The highest BCUT2D eigenvalue weighted by Crippen LogP contribution is 2.28. The maximum atomic E-state index is 11.4. The van der Waals surface area contributed by atoms with Gasteiger partial charge in [0.1, 0.15) is 6.04 Å². The lowest BCUT2D eigenvalue weighted by Gasteiger charge is -2.12. The van der Waals surface area contributed by atoms with Crippen LogP contribution < -0.4 is 5.32 Å². The van der Waals surface area contributed by atoms with Crippen LogP contribution in [-0.4, -0.2) is 23.0 Å². The fraction of sp³-hybridized carbons (Fsp3) is 0.636. The molecule has 0 unspecified atom stereocenters. The van der Waals surface area contributed by atoms with Gasteiger partial charge in [-0.15, -0.1) is 0 Å². The monoisotopic (exact) mass is 211 g/mol. The number of carboxylic acid groups (broad SMARTS) is 1. The van der Waals surface area contributed by atoms with Gasteiger partial charge in [-0.2, -0.15) is 0 Å². The van der Waals surface area contributed by atoms with Crippen molar-refractivity contribution in [1.29, 1.82) is 0 Å². The van der Waals surface area contributed by atoms with Gasteiger partial charge in [0.2, 0.25) is 5.91 Å². The van der Waals surface area contributed by atoms with E-state index in [2.05, 4.69) is 5.32 Å². The normalized spacial score (nSPS) is 16.7. The summed E-state index contributed by atoms with van der Waals surface area (Å²) in [6, 6.07) is -0.784. The van der Waals surface area contributed by atoms with Gasteiger partial charge in [-0.1, -0.05) is 11.6 Å². The lowest BCUT2D eigenvalue weighted by Crippen LogP contribution is -2.41. The smallest absolute Gasteiger partial charge is 0.326 e. The van der Waals surface area contributed by atoms with E-state index in [1.165, 1.54) is 0 Å². The summed E-state index contributed by atoms with van der Waals surface area (Å²) in [6.45, 7) is 3.81. The summed E-state index contributed by atoms with van der Waals surface area (Å²) in [5.74, 6) is -1.04. The number of hydrogen-bond donors (Lipinski definition) is 2. The molecule has 1 saturated carbocycles. The van der Waals surface area contributed by atoms with E-state index in [0.717, 1.165) is 18.4 Å². The molecule has 2 N–H and O–H groups in total. The molecule has 0 heterocycles. The summed E-state index contributed by atoms with van der Waals surface area (Å²) < 4.78 is 0. The third-order valence-electron chi connectivity index (χ3n) is 2.32. The predicted molar refractivity (Wildman–Crippen MR) is 56.3 cm³/mol. The fourth-order valence-corrected chi connectivity index (χ4v) is 1.21. The van der Waals surface area contributed by atoms with Crippen LogP contribution in [0.2, 0.25) is 0 Å². The number of aliphatic carboxylic acids is 1. The maximum Gasteiger partial charge on any atom is 0.326 e. The number of nitrogens with one attached hydrogen (secondary N) is 1. The first-order valence-corrected chi connectivity index (χ1v) is 5.17. The first-order valence-electron chi connectivity index (χ1n) is 5.17. The highest BCUT2D eigenvalue weighted by molar-refractivity contribution is 5.86. The standard InChI is InChI=1S/C11H17NO3/c1-7(2)3-6-9(11(14)15)12-10(13)8-4-5-8/h3,8-9H,4-6H2,1-2H3,(H,12,13)(H,14,15)/t9-/m1/s1. The second kappa shape index (κ2) is 4.96. The maximum absolute atomic E-state index is 11.4. The lowest BCUT2D eigenvalue weighted by atomic mass is 10.1. The van der Waals surface area contributed by atoms with E-state index in [0.29, 0.717) is 6.42 Å². The Bertz CT molecular complexity index is 288. The van der Waals surface area contributed by atoms with Crippen LogP contribution in [-0.2, 0) is 9.59 Å². The van der Waals surface area contributed by atoms with Gasteiger partial charge < -0.3 is 10.4 Å². The average Bonchev–Trinajstić information content (AvgIpc) is 2.93. The molecule has 0 aromatic heterocycles. The second-order valence-corrected chi connectivity index (χ2v) is 4.19. The first kappa shape index (κ1) is 11.8. The van der Waals surface area contributed by atoms with Crippen molar-refractivity contribution < 1.29 is 14.7 Å². The summed E-state index contributed by atoms with van der Waals surface area (Å²) in [7, 11) is 0. The molecule has 0 saturated heterocycles. The number of carbonyl (C=O) groups is 2. The number of rotatable bonds is 5. The molecule has 1 aliphatic carbocycles. The molecule has 1 fully saturated rings. The molecule has 1 amide bonds. The summed E-state index contributed by atoms with van der Waals surface area (Å²) >= 11 is 0. The summed E-state index contributed by atoms with van der Waals surface area (Å²) in [5.41, 5.74) is 1.06. The van der Waals surface area contributed by atoms with Crippen LogP contribution in [0.1, 0.15) is 33.1 Å². The third kappa shape index (κ3) is 4.14. The molecule has 4 heteroatoms. The van der Waals surface area contributed by atoms with E-state index >= 15 is 0 Å². The van der Waals surface area contributed by atoms with Crippen molar-refractivity contribution in [3.8, 4) is 0 Å². The van der Waals surface area contributed by atoms with Crippen molar-refractivity contribution in [2.45, 2.75) is 39.2 Å². The van der Waals surface area contributed by atoms with Gasteiger partial charge in [-0.3, -0.25) is 4.79 Å². The SMILES string of the molecule is CC(C)=CC[C@@H](NC(=O)C1CC1)C(=O)O. The molecular weight excluding hydrogens is 194 g/mol. The van der Waals surface area contributed by atoms with Gasteiger partial charge in [-0.05, 0) is 33.1 Å². The van der Waals surface area contributed by atoms with E-state index in [1.54, 1.807) is 0 Å². The lowest BCUT2D eigenvalue weighted by molar-refractivity contribution is -0.141. The van der Waals surface area contributed by atoms with Crippen molar-refractivity contribution in [2.24, 2.45) is 5.92 Å². The molecule has 84 valence electrons. The van der Waals surface area contributed by atoms with Crippen LogP contribution in [0.4, 0.5) is 0 Å². The molecule has 1 rings (SSSR count). The molecule has 1 aliphatic rings. The number of carboxylic acids is 1. The van der Waals surface area contributed by atoms with Crippen LogP contribution in [0.25, 0.3) is 0 Å². The van der Waals surface area contributed by atoms with Gasteiger partial charge >= 0.3 is 5.97 Å². The Morgan fingerprint density at radius 3 is 2.47 bits per heavy atom. The van der Waals surface area contributed by atoms with Crippen molar-refractivity contribution in [2.75, 3.05) is 0 Å². The molecule has 15 heavy (non-hydrogen) atoms. The molecule has 0 aliphatic heterocycles. The van der Waals surface area contributed by atoms with Crippen LogP contribution in [0.3, 0.4) is 0 Å². The van der Waals surface area contributed by atoms with E-state index in [4.69, 9.17) is 5.11 Å². The highest BCUT2D eigenvalue weighted by Gasteiger charge is 2.32. The molecule has 0 aromatic rings. The van der Waals surface area contributed by atoms with Crippen molar-refractivity contribution in [1.82, 2.24) is 5.32 Å². The van der Waals surface area contributed by atoms with Gasteiger partial charge in [-0.25, -0.2) is 4.79 Å². The molecule has 0 aromatic carbocycles. The molecule has 0 radical (unpaired) electrons. The van der Waals surface area contributed by atoms with E-state index in [-0.39, 0.29) is 11.8 Å². The first-order chi connectivity index (χ1) is 7.00. The fourth-order valence-electron chi connectivity index (χ4n) is 1.21. The van der Waals surface area contributed by atoms with Crippen LogP contribution in [0.15, 0.2) is 11.6 Å². The minimum atomic E-state index is -0.971. The molecular formula is C11H17NO3. The molecule has 0 bridgehead atoms. The van der Waals surface area contributed by atoms with E-state index in [9.17, 15) is 9.59 Å². The Morgan fingerprint density at radius 1 is 1.47 bits per heavy atom. The summed E-state index contributed by atoms with van der Waals surface area (Å²) in [4.78, 5) is 22.2. The Hall–Kier alpha value is -1.32. The largest absolute Gasteiger partial charge is 0.480 e. The average molecular weight is 211 g/mol. The Kier molecular flexibility index (Phi) is 3.88. The van der Waals surface area contributed by atoms with Crippen LogP contribution in [0, 0.1) is 5.92 Å². The Labute approximate surface area is 89.4 Å². The summed E-state index contributed by atoms with van der Waals surface area (Å²) in [5, 5.41) is 11.4. The van der Waals surface area contributed by atoms with Crippen molar-refractivity contribution in [3.05, 3.63) is 11.6 Å². The van der Waals surface area contributed by atoms with Gasteiger partial charge in [0.05, 0.1) is 0 Å². The molecule has 0 spiro atoms. The zero-order valence-corrected chi connectivity index (χ0v) is 9.12. The Balaban J connectivity index is 2.46. The third-order valence-corrected chi connectivity index (χ3v) is 2.32. The molecule has 1 atom stereocenters. The number of amides is 1. The second-order valence-electron chi connectivity index (χ2n) is 4.19. The number of hydrogen-bond acceptors (Lipinski definition) is 2. The predicted octanol–water partition coefficient (Wildman–Crippen LogP) is 1.32.